The molecule has 12 aromatic rings. The van der Waals surface area contributed by atoms with E-state index in [0.717, 1.165) is 72.5 Å². The molecule has 0 saturated carbocycles. The van der Waals surface area contributed by atoms with Crippen LogP contribution in [0.15, 0.2) is 217 Å². The van der Waals surface area contributed by atoms with Crippen molar-refractivity contribution in [3.05, 3.63) is 212 Å². The number of fused-ring (bicyclic) bond motifs is 9. The molecule has 0 radical (unpaired) electrons. The summed E-state index contributed by atoms with van der Waals surface area (Å²) in [6.45, 7) is 0. The minimum Gasteiger partial charge on any atom is -0.454 e. The topological polar surface area (TPSA) is 26.2 Å². The van der Waals surface area contributed by atoms with Crippen LogP contribution in [0.4, 0.5) is 17.1 Å². The number of anilines is 3. The van der Waals surface area contributed by atoms with Gasteiger partial charge < -0.3 is 18.5 Å². The van der Waals surface area contributed by atoms with Crippen LogP contribution in [0.5, 0.6) is 0 Å². The first kappa shape index (κ1) is 32.4. The predicted octanol–water partition coefficient (Wildman–Crippen LogP) is 14.9. The maximum atomic E-state index is 6.72. The van der Waals surface area contributed by atoms with E-state index in [4.69, 9.17) is 4.42 Å². The molecule has 3 aromatic heterocycles. The Morgan fingerprint density at radius 2 is 0.810 bits per heavy atom. The van der Waals surface area contributed by atoms with E-state index in [9.17, 15) is 0 Å². The predicted molar refractivity (Wildman–Crippen MR) is 243 cm³/mol. The molecule has 0 atom stereocenters. The van der Waals surface area contributed by atoms with E-state index >= 15 is 0 Å². The van der Waals surface area contributed by atoms with Crippen molar-refractivity contribution in [2.75, 3.05) is 4.90 Å². The molecule has 0 unspecified atom stereocenters. The number of benzene rings is 9. The summed E-state index contributed by atoms with van der Waals surface area (Å²) in [6, 6.07) is 76.1. The van der Waals surface area contributed by atoms with Crippen LogP contribution in [0, 0.1) is 0 Å². The Hall–Kier alpha value is -7.82. The lowest BCUT2D eigenvalue weighted by atomic mass is 10.0. The van der Waals surface area contributed by atoms with Crippen LogP contribution in [0.25, 0.3) is 88.1 Å². The minimum absolute atomic E-state index is 0.859. The molecule has 3 heterocycles. The lowest BCUT2D eigenvalue weighted by molar-refractivity contribution is 0.669. The zero-order valence-corrected chi connectivity index (χ0v) is 31.5. The van der Waals surface area contributed by atoms with Crippen molar-refractivity contribution in [1.82, 2.24) is 9.13 Å². The van der Waals surface area contributed by atoms with Gasteiger partial charge in [-0.15, -0.1) is 0 Å². The first-order chi connectivity index (χ1) is 28.8. The molecule has 0 amide bonds. The summed E-state index contributed by atoms with van der Waals surface area (Å²) in [6.07, 6.45) is 0. The van der Waals surface area contributed by atoms with Crippen molar-refractivity contribution in [2.45, 2.75) is 0 Å². The molecule has 4 nitrogen and oxygen atoms in total. The first-order valence-corrected chi connectivity index (χ1v) is 19.8. The molecule has 0 saturated heterocycles. The molecule has 0 bridgehead atoms. The lowest BCUT2D eigenvalue weighted by Gasteiger charge is -2.27. The van der Waals surface area contributed by atoms with Gasteiger partial charge in [0.2, 0.25) is 0 Å². The van der Waals surface area contributed by atoms with Crippen LogP contribution in [-0.4, -0.2) is 9.13 Å². The number of nitrogens with zero attached hydrogens (tertiary/aromatic N) is 3. The molecule has 4 heteroatoms. The van der Waals surface area contributed by atoms with Gasteiger partial charge in [0.05, 0.1) is 33.4 Å². The average molecular weight is 742 g/mol. The number of hydrogen-bond acceptors (Lipinski definition) is 2. The number of furan rings is 1. The number of rotatable bonds is 6. The fourth-order valence-electron chi connectivity index (χ4n) is 9.16. The van der Waals surface area contributed by atoms with Crippen LogP contribution in [0.2, 0.25) is 0 Å². The standard InChI is InChI=1S/C54H35N3O/c1-2-14-38(15-3-1)56-48-23-10-6-19-45(48)53-49(56)24-13-25-50(53)57(51-26-12-20-44-43-18-7-11-27-52(43)58-54(44)51)40-34-30-37(31-35-40)36-28-32-39(33-29-36)55-46-21-8-4-16-41(46)42-17-5-9-22-47(42)55/h1-35H. The summed E-state index contributed by atoms with van der Waals surface area (Å²) < 4.78 is 11.5. The van der Waals surface area contributed by atoms with Crippen LogP contribution in [0.1, 0.15) is 0 Å². The summed E-state index contributed by atoms with van der Waals surface area (Å²) in [5, 5.41) is 7.11. The summed E-state index contributed by atoms with van der Waals surface area (Å²) in [7, 11) is 0. The van der Waals surface area contributed by atoms with Crippen molar-refractivity contribution in [1.29, 1.82) is 0 Å². The summed E-state index contributed by atoms with van der Waals surface area (Å²) in [5.41, 5.74) is 14.2. The second kappa shape index (κ2) is 12.9. The SMILES string of the molecule is c1ccc(-n2c3ccccc3c3c(N(c4ccc(-c5ccc(-n6c7ccccc7c7ccccc76)cc5)cc4)c4cccc5c4oc4ccccc45)cccc32)cc1. The molecule has 272 valence electrons. The van der Waals surface area contributed by atoms with E-state index in [1.807, 2.05) is 6.07 Å². The van der Waals surface area contributed by atoms with Gasteiger partial charge in [-0.3, -0.25) is 0 Å². The fraction of sp³-hybridized carbons (Fsp3) is 0. The molecule has 9 aromatic carbocycles. The van der Waals surface area contributed by atoms with Gasteiger partial charge in [0.25, 0.3) is 0 Å². The maximum Gasteiger partial charge on any atom is 0.159 e. The second-order valence-electron chi connectivity index (χ2n) is 14.9. The molecule has 0 aliphatic carbocycles. The molecule has 0 N–H and O–H groups in total. The van der Waals surface area contributed by atoms with E-state index < -0.39 is 0 Å². The summed E-state index contributed by atoms with van der Waals surface area (Å²) >= 11 is 0. The average Bonchev–Trinajstić information content (AvgIpc) is 3.96. The van der Waals surface area contributed by atoms with Crippen molar-refractivity contribution in [3.63, 3.8) is 0 Å². The van der Waals surface area contributed by atoms with Crippen LogP contribution >= 0.6 is 0 Å². The molecular weight excluding hydrogens is 707 g/mol. The molecule has 58 heavy (non-hydrogen) atoms. The minimum atomic E-state index is 0.859. The number of para-hydroxylation sites is 6. The van der Waals surface area contributed by atoms with Crippen LogP contribution in [0.3, 0.4) is 0 Å². The van der Waals surface area contributed by atoms with Gasteiger partial charge in [0, 0.05) is 49.4 Å². The molecule has 0 fully saturated rings. The highest BCUT2D eigenvalue weighted by Crippen LogP contribution is 2.47. The molecular formula is C54H35N3O. The molecule has 0 spiro atoms. The van der Waals surface area contributed by atoms with E-state index in [2.05, 4.69) is 220 Å². The Morgan fingerprint density at radius 3 is 1.52 bits per heavy atom. The number of hydrogen-bond donors (Lipinski definition) is 0. The van der Waals surface area contributed by atoms with E-state index in [1.54, 1.807) is 0 Å². The smallest absolute Gasteiger partial charge is 0.159 e. The third kappa shape index (κ3) is 4.88. The fourth-order valence-corrected chi connectivity index (χ4v) is 9.16. The zero-order valence-electron chi connectivity index (χ0n) is 31.5. The van der Waals surface area contributed by atoms with Gasteiger partial charge in [-0.1, -0.05) is 133 Å². The van der Waals surface area contributed by atoms with Crippen LogP contribution in [-0.2, 0) is 0 Å². The Kier molecular flexibility index (Phi) is 7.20. The largest absolute Gasteiger partial charge is 0.454 e. The second-order valence-corrected chi connectivity index (χ2v) is 14.9. The Balaban J connectivity index is 1.03. The Bertz CT molecular complexity index is 3440. The van der Waals surface area contributed by atoms with Gasteiger partial charge >= 0.3 is 0 Å². The highest BCUT2D eigenvalue weighted by Gasteiger charge is 2.24. The monoisotopic (exact) mass is 741 g/mol. The number of aromatic nitrogens is 2. The quantitative estimate of drug-likeness (QED) is 0.170. The first-order valence-electron chi connectivity index (χ1n) is 19.8. The van der Waals surface area contributed by atoms with Crippen molar-refractivity contribution >= 4 is 82.6 Å². The van der Waals surface area contributed by atoms with Gasteiger partial charge in [-0.2, -0.15) is 0 Å². The molecule has 0 aliphatic rings. The van der Waals surface area contributed by atoms with Crippen molar-refractivity contribution in [3.8, 4) is 22.5 Å². The van der Waals surface area contributed by atoms with Gasteiger partial charge in [-0.05, 0) is 90.0 Å². The highest BCUT2D eigenvalue weighted by atomic mass is 16.3. The third-order valence-electron chi connectivity index (χ3n) is 11.7. The maximum absolute atomic E-state index is 6.72. The lowest BCUT2D eigenvalue weighted by Crippen LogP contribution is -2.10. The van der Waals surface area contributed by atoms with E-state index in [1.165, 1.54) is 32.6 Å². The normalized spacial score (nSPS) is 11.8. The van der Waals surface area contributed by atoms with Gasteiger partial charge in [0.15, 0.2) is 5.58 Å². The van der Waals surface area contributed by atoms with Crippen molar-refractivity contribution in [2.24, 2.45) is 0 Å². The van der Waals surface area contributed by atoms with E-state index in [0.29, 0.717) is 0 Å². The molecule has 0 aliphatic heterocycles. The van der Waals surface area contributed by atoms with E-state index in [-0.39, 0.29) is 0 Å². The Morgan fingerprint density at radius 1 is 0.328 bits per heavy atom. The van der Waals surface area contributed by atoms with Gasteiger partial charge in [-0.25, -0.2) is 0 Å². The highest BCUT2D eigenvalue weighted by molar-refractivity contribution is 6.18. The Labute approximate surface area is 334 Å². The van der Waals surface area contributed by atoms with Gasteiger partial charge in [0.1, 0.15) is 5.58 Å². The summed E-state index contributed by atoms with van der Waals surface area (Å²) in [5.74, 6) is 0. The third-order valence-corrected chi connectivity index (χ3v) is 11.7. The molecule has 12 rings (SSSR count). The zero-order chi connectivity index (χ0) is 38.2. The van der Waals surface area contributed by atoms with Crippen LogP contribution < -0.4 is 4.90 Å². The van der Waals surface area contributed by atoms with Crippen molar-refractivity contribution < 1.29 is 4.42 Å². The summed E-state index contributed by atoms with van der Waals surface area (Å²) in [4.78, 5) is 2.38.